The molecule has 0 aromatic heterocycles. The molecule has 1 aromatic carbocycles. The van der Waals surface area contributed by atoms with Crippen LogP contribution in [0.2, 0.25) is 0 Å². The molecule has 0 N–H and O–H groups in total. The molecule has 8 heteroatoms. The summed E-state index contributed by atoms with van der Waals surface area (Å²) >= 11 is 0.100. The average molecular weight is 464 g/mol. The van der Waals surface area contributed by atoms with Gasteiger partial charge in [-0.3, -0.25) is 0 Å². The lowest BCUT2D eigenvalue weighted by atomic mass is 10.1. The van der Waals surface area contributed by atoms with Gasteiger partial charge in [0, 0.05) is 0 Å². The van der Waals surface area contributed by atoms with E-state index in [1.165, 1.54) is 29.3 Å². The highest BCUT2D eigenvalue weighted by atomic mass is 127. The van der Waals surface area contributed by atoms with Gasteiger partial charge in [0.05, 0.1) is 0 Å². The first-order valence-corrected chi connectivity index (χ1v) is 10.7. The van der Waals surface area contributed by atoms with E-state index in [0.717, 1.165) is 0 Å². The first kappa shape index (κ1) is 22.4. The molecule has 132 valence electrons. The molecule has 23 heavy (non-hydrogen) atoms. The molecule has 1 aromatic rings. The Morgan fingerprint density at radius 2 is 1.74 bits per heavy atom. The Balaban J connectivity index is 0.000000515. The van der Waals surface area contributed by atoms with Crippen LogP contribution in [0.4, 0.5) is 13.2 Å². The number of benzene rings is 1. The van der Waals surface area contributed by atoms with E-state index in [0.29, 0.717) is 0 Å². The van der Waals surface area contributed by atoms with E-state index in [-0.39, 0.29) is 21.2 Å². The van der Waals surface area contributed by atoms with Crippen molar-refractivity contribution in [3.8, 4) is 0 Å². The van der Waals surface area contributed by atoms with Crippen molar-refractivity contribution in [2.45, 2.75) is 45.0 Å². The number of hydrogen-bond acceptors (Lipinski definition) is 3. The highest BCUT2D eigenvalue weighted by molar-refractivity contribution is 7.86. The van der Waals surface area contributed by atoms with E-state index in [2.05, 4.69) is 48.3 Å². The summed E-state index contributed by atoms with van der Waals surface area (Å²) in [4.78, 5) is 0. The minimum absolute atomic E-state index is 0.100. The Morgan fingerprint density at radius 1 is 1.22 bits per heavy atom. The van der Waals surface area contributed by atoms with Gasteiger partial charge in [0.15, 0.2) is 17.8 Å². The number of allylic oxidation sites excluding steroid dienone is 1. The van der Waals surface area contributed by atoms with Gasteiger partial charge in [0.25, 0.3) is 0 Å². The SMILES string of the molecule is CCCC/C(=C\[I+]c1ccccc1)CC.O=S(=O)([O-])C(F)(F)F. The van der Waals surface area contributed by atoms with Gasteiger partial charge in [-0.2, -0.15) is 13.2 Å². The van der Waals surface area contributed by atoms with E-state index in [4.69, 9.17) is 13.0 Å². The van der Waals surface area contributed by atoms with Crippen LogP contribution in [0.1, 0.15) is 39.5 Å². The molecular weight excluding hydrogens is 444 g/mol. The Hall–Kier alpha value is -0.610. The monoisotopic (exact) mass is 464 g/mol. The van der Waals surface area contributed by atoms with E-state index < -0.39 is 15.6 Å². The average Bonchev–Trinajstić information content (AvgIpc) is 2.47. The van der Waals surface area contributed by atoms with Crippen LogP contribution in [0.15, 0.2) is 40.0 Å². The van der Waals surface area contributed by atoms with Gasteiger partial charge in [-0.15, -0.1) is 0 Å². The van der Waals surface area contributed by atoms with E-state index in [1.807, 2.05) is 0 Å². The van der Waals surface area contributed by atoms with Gasteiger partial charge >= 0.3 is 26.7 Å². The van der Waals surface area contributed by atoms with Gasteiger partial charge in [0.1, 0.15) is 0 Å². The highest BCUT2D eigenvalue weighted by Gasteiger charge is 2.36. The van der Waals surface area contributed by atoms with Crippen molar-refractivity contribution in [1.82, 2.24) is 0 Å². The molecule has 0 fully saturated rings. The van der Waals surface area contributed by atoms with Gasteiger partial charge < -0.3 is 4.55 Å². The standard InChI is InChI=1S/C14H20I.CHF3O3S/c1-3-5-9-13(4-2)12-15-14-10-7-6-8-11-14;2-1(3,4)8(5,6)7/h6-8,10-12H,3-5,9H2,1-2H3;(H,5,6,7)/q+1;/p-1/b13-12-;. The van der Waals surface area contributed by atoms with Gasteiger partial charge in [-0.1, -0.05) is 38.5 Å². The lowest BCUT2D eigenvalue weighted by Gasteiger charge is -2.08. The summed E-state index contributed by atoms with van der Waals surface area (Å²) in [5.41, 5.74) is -3.99. The minimum Gasteiger partial charge on any atom is -0.741 e. The summed E-state index contributed by atoms with van der Waals surface area (Å²) in [5.74, 6) is 0. The zero-order valence-corrected chi connectivity index (χ0v) is 15.9. The fourth-order valence-corrected chi connectivity index (χ4v) is 3.72. The highest BCUT2D eigenvalue weighted by Crippen LogP contribution is 2.20. The van der Waals surface area contributed by atoms with Crippen molar-refractivity contribution in [2.24, 2.45) is 0 Å². The molecule has 0 aliphatic rings. The molecule has 0 unspecified atom stereocenters. The fraction of sp³-hybridized carbons (Fsp3) is 0.467. The first-order valence-electron chi connectivity index (χ1n) is 7.00. The third-order valence-corrected chi connectivity index (χ3v) is 5.85. The molecule has 0 saturated carbocycles. The van der Waals surface area contributed by atoms with Crippen molar-refractivity contribution in [1.29, 1.82) is 0 Å². The lowest BCUT2D eigenvalue weighted by Crippen LogP contribution is -3.59. The van der Waals surface area contributed by atoms with Crippen LogP contribution >= 0.6 is 0 Å². The number of alkyl halides is 3. The predicted octanol–water partition coefficient (Wildman–Crippen LogP) is 1.48. The van der Waals surface area contributed by atoms with E-state index in [9.17, 15) is 13.2 Å². The number of unbranched alkanes of at least 4 members (excludes halogenated alkanes) is 1. The number of hydrogen-bond donors (Lipinski definition) is 0. The van der Waals surface area contributed by atoms with Crippen LogP contribution in [0.3, 0.4) is 0 Å². The molecule has 0 atom stereocenters. The zero-order valence-electron chi connectivity index (χ0n) is 12.9. The molecule has 0 saturated heterocycles. The molecular formula is C15H20F3IO3S. The lowest BCUT2D eigenvalue weighted by molar-refractivity contribution is -0.557. The Labute approximate surface area is 146 Å². The van der Waals surface area contributed by atoms with E-state index >= 15 is 0 Å². The van der Waals surface area contributed by atoms with Gasteiger partial charge in [-0.05, 0) is 37.0 Å². The molecule has 0 bridgehead atoms. The second-order valence-electron chi connectivity index (χ2n) is 4.53. The van der Waals surface area contributed by atoms with Crippen LogP contribution in [0.5, 0.6) is 0 Å². The second kappa shape index (κ2) is 11.0. The minimum atomic E-state index is -6.09. The summed E-state index contributed by atoms with van der Waals surface area (Å²) in [5, 5.41) is 0. The summed E-state index contributed by atoms with van der Waals surface area (Å²) in [7, 11) is -6.09. The number of halogens is 4. The summed E-state index contributed by atoms with van der Waals surface area (Å²) in [6.07, 6.45) is 5.19. The summed E-state index contributed by atoms with van der Waals surface area (Å²) < 4.78 is 62.9. The maximum atomic E-state index is 10.7. The molecule has 3 nitrogen and oxygen atoms in total. The number of rotatable bonds is 6. The van der Waals surface area contributed by atoms with Gasteiger partial charge in [-0.25, -0.2) is 8.42 Å². The van der Waals surface area contributed by atoms with Crippen molar-refractivity contribution in [2.75, 3.05) is 0 Å². The second-order valence-corrected chi connectivity index (χ2v) is 8.39. The summed E-state index contributed by atoms with van der Waals surface area (Å²) in [6, 6.07) is 10.9. The van der Waals surface area contributed by atoms with Crippen molar-refractivity contribution in [3.63, 3.8) is 0 Å². The maximum absolute atomic E-state index is 10.7. The van der Waals surface area contributed by atoms with Crippen LogP contribution < -0.4 is 21.2 Å². The van der Waals surface area contributed by atoms with Crippen molar-refractivity contribution < 1.29 is 47.3 Å². The normalized spacial score (nSPS) is 12.5. The Bertz CT molecular complexity index is 569. The predicted molar refractivity (Wildman–Crippen MR) is 78.8 cm³/mol. The Kier molecular flexibility index (Phi) is 10.7. The largest absolute Gasteiger partial charge is 0.741 e. The fourth-order valence-electron chi connectivity index (χ4n) is 1.34. The van der Waals surface area contributed by atoms with Crippen LogP contribution in [-0.2, 0) is 10.1 Å². The molecule has 0 radical (unpaired) electrons. The molecule has 0 aliphatic carbocycles. The molecule has 0 spiro atoms. The zero-order chi connectivity index (χ0) is 17.9. The van der Waals surface area contributed by atoms with Crippen LogP contribution in [-0.4, -0.2) is 18.5 Å². The molecule has 0 heterocycles. The quantitative estimate of drug-likeness (QED) is 0.364. The van der Waals surface area contributed by atoms with Gasteiger partial charge in [0.2, 0.25) is 0 Å². The first-order chi connectivity index (χ1) is 10.6. The smallest absolute Gasteiger partial charge is 0.485 e. The topological polar surface area (TPSA) is 57.2 Å². The van der Waals surface area contributed by atoms with Crippen molar-refractivity contribution >= 4 is 10.1 Å². The van der Waals surface area contributed by atoms with Crippen molar-refractivity contribution in [3.05, 3.63) is 43.6 Å². The van der Waals surface area contributed by atoms with Crippen LogP contribution in [0.25, 0.3) is 0 Å². The Morgan fingerprint density at radius 3 is 2.13 bits per heavy atom. The summed E-state index contributed by atoms with van der Waals surface area (Å²) in [6.45, 7) is 4.54. The molecule has 0 amide bonds. The van der Waals surface area contributed by atoms with E-state index in [1.54, 1.807) is 5.57 Å². The molecule has 1 rings (SSSR count). The maximum Gasteiger partial charge on any atom is 0.485 e. The molecule has 0 aliphatic heterocycles. The third kappa shape index (κ3) is 10.7. The van der Waals surface area contributed by atoms with Crippen LogP contribution in [0, 0.1) is 3.57 Å². The third-order valence-electron chi connectivity index (χ3n) is 2.66.